The first-order valence-electron chi connectivity index (χ1n) is 6.83. The van der Waals surface area contributed by atoms with Crippen molar-refractivity contribution in [3.63, 3.8) is 0 Å². The smallest absolute Gasteiger partial charge is 0.334 e. The predicted octanol–water partition coefficient (Wildman–Crippen LogP) is 2.00. The number of aliphatic hydroxyl groups is 1. The molecule has 4 heteroatoms. The SMILES string of the molecule is C=C1C(=O)O[C@@H]2C[C@@H](C)[C@@H]3C=CO[C@@H](O)[C@@]3(C)C[C@H]12. The van der Waals surface area contributed by atoms with Crippen molar-refractivity contribution in [2.75, 3.05) is 0 Å². The van der Waals surface area contributed by atoms with Crippen molar-refractivity contribution in [1.82, 2.24) is 0 Å². The molecule has 6 atom stereocenters. The van der Waals surface area contributed by atoms with E-state index < -0.39 is 11.7 Å². The van der Waals surface area contributed by atoms with Crippen molar-refractivity contribution < 1.29 is 19.4 Å². The molecule has 3 aliphatic rings. The van der Waals surface area contributed by atoms with Gasteiger partial charge in [0.1, 0.15) is 6.10 Å². The van der Waals surface area contributed by atoms with Crippen molar-refractivity contribution >= 4 is 5.97 Å². The van der Waals surface area contributed by atoms with Crippen LogP contribution < -0.4 is 0 Å². The van der Waals surface area contributed by atoms with E-state index in [-0.39, 0.29) is 23.9 Å². The van der Waals surface area contributed by atoms with Gasteiger partial charge in [-0.1, -0.05) is 20.4 Å². The maximum atomic E-state index is 11.7. The number of aliphatic hydroxyl groups excluding tert-OH is 1. The lowest BCUT2D eigenvalue weighted by molar-refractivity contribution is -0.171. The molecule has 1 saturated heterocycles. The highest BCUT2D eigenvalue weighted by molar-refractivity contribution is 5.90. The number of carbonyl (C=O) groups is 1. The number of allylic oxidation sites excluding steroid dienone is 1. The van der Waals surface area contributed by atoms with Crippen LogP contribution in [-0.4, -0.2) is 23.5 Å². The Morgan fingerprint density at radius 3 is 3.00 bits per heavy atom. The van der Waals surface area contributed by atoms with Crippen molar-refractivity contribution in [1.29, 1.82) is 0 Å². The van der Waals surface area contributed by atoms with E-state index in [1.54, 1.807) is 6.26 Å². The van der Waals surface area contributed by atoms with E-state index >= 15 is 0 Å². The average molecular weight is 264 g/mol. The summed E-state index contributed by atoms with van der Waals surface area (Å²) >= 11 is 0. The molecule has 0 unspecified atom stereocenters. The van der Waals surface area contributed by atoms with Gasteiger partial charge in [-0.25, -0.2) is 4.79 Å². The fraction of sp³-hybridized carbons (Fsp3) is 0.667. The van der Waals surface area contributed by atoms with E-state index in [2.05, 4.69) is 13.5 Å². The van der Waals surface area contributed by atoms with Crippen LogP contribution in [0.1, 0.15) is 26.7 Å². The molecule has 0 amide bonds. The molecule has 0 aromatic carbocycles. The van der Waals surface area contributed by atoms with Gasteiger partial charge in [-0.05, 0) is 30.8 Å². The van der Waals surface area contributed by atoms with Crippen LogP contribution in [0, 0.1) is 23.2 Å². The summed E-state index contributed by atoms with van der Waals surface area (Å²) in [5.41, 5.74) is 0.144. The number of hydrogen-bond donors (Lipinski definition) is 1. The van der Waals surface area contributed by atoms with Crippen LogP contribution in [0.4, 0.5) is 0 Å². The van der Waals surface area contributed by atoms with E-state index in [1.807, 2.05) is 13.0 Å². The molecule has 0 aromatic heterocycles. The Hall–Kier alpha value is -1.29. The second-order valence-corrected chi connectivity index (χ2v) is 6.34. The highest BCUT2D eigenvalue weighted by Gasteiger charge is 2.54. The molecule has 2 aliphatic heterocycles. The third kappa shape index (κ3) is 1.73. The molecular formula is C15H20O4. The number of carbonyl (C=O) groups excluding carboxylic acids is 1. The minimum absolute atomic E-state index is 0.00491. The molecule has 0 aromatic rings. The summed E-state index contributed by atoms with van der Waals surface area (Å²) in [6.07, 6.45) is 4.17. The molecule has 0 radical (unpaired) electrons. The highest BCUT2D eigenvalue weighted by Crippen LogP contribution is 2.53. The van der Waals surface area contributed by atoms with Crippen molar-refractivity contribution in [2.45, 2.75) is 39.1 Å². The van der Waals surface area contributed by atoms with E-state index in [1.165, 1.54) is 0 Å². The molecule has 2 heterocycles. The summed E-state index contributed by atoms with van der Waals surface area (Å²) in [4.78, 5) is 11.7. The molecule has 19 heavy (non-hydrogen) atoms. The molecule has 1 N–H and O–H groups in total. The minimum atomic E-state index is -0.841. The van der Waals surface area contributed by atoms with E-state index in [0.29, 0.717) is 17.9 Å². The van der Waals surface area contributed by atoms with Gasteiger partial charge >= 0.3 is 5.97 Å². The van der Waals surface area contributed by atoms with Crippen LogP contribution >= 0.6 is 0 Å². The minimum Gasteiger partial charge on any atom is -0.472 e. The lowest BCUT2D eigenvalue weighted by atomic mass is 9.67. The van der Waals surface area contributed by atoms with Gasteiger partial charge in [0.25, 0.3) is 0 Å². The van der Waals surface area contributed by atoms with Crippen molar-refractivity contribution in [3.8, 4) is 0 Å². The first-order valence-corrected chi connectivity index (χ1v) is 6.83. The predicted molar refractivity (Wildman–Crippen MR) is 68.7 cm³/mol. The quantitative estimate of drug-likeness (QED) is 0.537. The summed E-state index contributed by atoms with van der Waals surface area (Å²) in [5.74, 6) is 0.266. The third-order valence-electron chi connectivity index (χ3n) is 5.11. The van der Waals surface area contributed by atoms with Gasteiger partial charge in [0, 0.05) is 16.9 Å². The number of rotatable bonds is 0. The molecule has 0 spiro atoms. The van der Waals surface area contributed by atoms with Crippen LogP contribution in [0.3, 0.4) is 0 Å². The Balaban J connectivity index is 1.99. The summed E-state index contributed by atoms with van der Waals surface area (Å²) in [5, 5.41) is 10.2. The Kier molecular flexibility index (Phi) is 2.75. The average Bonchev–Trinajstić information content (AvgIpc) is 2.54. The van der Waals surface area contributed by atoms with Gasteiger partial charge in [-0.15, -0.1) is 0 Å². The molecule has 2 fully saturated rings. The molecule has 1 saturated carbocycles. The number of ether oxygens (including phenoxy) is 2. The Bertz CT molecular complexity index is 455. The summed E-state index contributed by atoms with van der Waals surface area (Å²) in [6, 6.07) is 0. The van der Waals surface area contributed by atoms with Gasteiger partial charge in [-0.2, -0.15) is 0 Å². The largest absolute Gasteiger partial charge is 0.472 e. The van der Waals surface area contributed by atoms with Gasteiger partial charge in [0.15, 0.2) is 0 Å². The Morgan fingerprint density at radius 1 is 1.53 bits per heavy atom. The fourth-order valence-corrected chi connectivity index (χ4v) is 3.95. The Labute approximate surface area is 113 Å². The van der Waals surface area contributed by atoms with Crippen LogP contribution in [0.5, 0.6) is 0 Å². The van der Waals surface area contributed by atoms with Crippen LogP contribution in [-0.2, 0) is 14.3 Å². The van der Waals surface area contributed by atoms with Crippen LogP contribution in [0.2, 0.25) is 0 Å². The van der Waals surface area contributed by atoms with Gasteiger partial charge < -0.3 is 14.6 Å². The lowest BCUT2D eigenvalue weighted by Crippen LogP contribution is -2.44. The van der Waals surface area contributed by atoms with E-state index in [4.69, 9.17) is 9.47 Å². The van der Waals surface area contributed by atoms with E-state index in [0.717, 1.165) is 6.42 Å². The zero-order valence-corrected chi connectivity index (χ0v) is 11.3. The lowest BCUT2D eigenvalue weighted by Gasteiger charge is -2.43. The summed E-state index contributed by atoms with van der Waals surface area (Å²) in [7, 11) is 0. The van der Waals surface area contributed by atoms with Gasteiger partial charge in [0.05, 0.1) is 6.26 Å². The maximum Gasteiger partial charge on any atom is 0.334 e. The van der Waals surface area contributed by atoms with E-state index in [9.17, 15) is 9.90 Å². The zero-order valence-electron chi connectivity index (χ0n) is 11.3. The van der Waals surface area contributed by atoms with Crippen molar-refractivity contribution in [3.05, 3.63) is 24.5 Å². The molecule has 104 valence electrons. The number of fused-ring (bicyclic) bond motifs is 2. The first kappa shape index (κ1) is 12.7. The first-order chi connectivity index (χ1) is 8.93. The second kappa shape index (κ2) is 4.10. The van der Waals surface area contributed by atoms with Gasteiger partial charge in [-0.3, -0.25) is 0 Å². The number of esters is 1. The summed E-state index contributed by atoms with van der Waals surface area (Å²) in [6.45, 7) is 8.04. The molecule has 4 nitrogen and oxygen atoms in total. The molecule has 0 bridgehead atoms. The fourth-order valence-electron chi connectivity index (χ4n) is 3.95. The maximum absolute atomic E-state index is 11.7. The monoisotopic (exact) mass is 264 g/mol. The van der Waals surface area contributed by atoms with Crippen LogP contribution in [0.15, 0.2) is 24.5 Å². The standard InChI is InChI=1S/C15H20O4/c1-8-6-12-10(9(2)13(16)19-12)7-15(3)11(8)4-5-18-14(15)17/h4-5,8,10-12,14,17H,2,6-7H2,1,3H3/t8-,10-,11+,12-,14-,15+/m1/s1. The third-order valence-corrected chi connectivity index (χ3v) is 5.11. The molecular weight excluding hydrogens is 244 g/mol. The van der Waals surface area contributed by atoms with Gasteiger partial charge in [0.2, 0.25) is 6.29 Å². The number of hydrogen-bond acceptors (Lipinski definition) is 4. The molecule has 1 aliphatic carbocycles. The summed E-state index contributed by atoms with van der Waals surface area (Å²) < 4.78 is 10.7. The van der Waals surface area contributed by atoms with Crippen molar-refractivity contribution in [2.24, 2.45) is 23.2 Å². The Morgan fingerprint density at radius 2 is 2.26 bits per heavy atom. The second-order valence-electron chi connectivity index (χ2n) is 6.34. The zero-order chi connectivity index (χ0) is 13.8. The normalized spacial score (nSPS) is 48.9. The topological polar surface area (TPSA) is 55.8 Å². The molecule has 3 rings (SSSR count). The van der Waals surface area contributed by atoms with Crippen LogP contribution in [0.25, 0.3) is 0 Å². The highest BCUT2D eigenvalue weighted by atomic mass is 16.6.